The minimum absolute atomic E-state index is 0.327. The molecule has 0 aromatic heterocycles. The van der Waals surface area contributed by atoms with Gasteiger partial charge in [0, 0.05) is 25.7 Å². The lowest BCUT2D eigenvalue weighted by molar-refractivity contribution is 0.127. The molecule has 0 heterocycles. The van der Waals surface area contributed by atoms with E-state index in [-0.39, 0.29) is 0 Å². The van der Waals surface area contributed by atoms with Crippen LogP contribution in [0.2, 0.25) is 0 Å². The molecule has 0 aliphatic heterocycles. The highest BCUT2D eigenvalue weighted by molar-refractivity contribution is 4.80. The van der Waals surface area contributed by atoms with E-state index < -0.39 is 0 Å². The second-order valence-corrected chi connectivity index (χ2v) is 6.05. The molecule has 1 rings (SSSR count). The van der Waals surface area contributed by atoms with Gasteiger partial charge in [-0.1, -0.05) is 33.6 Å². The van der Waals surface area contributed by atoms with E-state index in [1.807, 2.05) is 0 Å². The monoisotopic (exact) mass is 213 g/mol. The summed E-state index contributed by atoms with van der Waals surface area (Å²) in [7, 11) is 0. The van der Waals surface area contributed by atoms with Crippen molar-refractivity contribution in [2.24, 2.45) is 5.41 Å². The van der Waals surface area contributed by atoms with Crippen molar-refractivity contribution in [2.75, 3.05) is 19.7 Å². The molecule has 0 spiro atoms. The molecule has 0 amide bonds. The summed E-state index contributed by atoms with van der Waals surface area (Å²) in [5.41, 5.74) is 0.373. The molecule has 0 unspecified atom stereocenters. The maximum atomic E-state index is 8.93. The maximum Gasteiger partial charge on any atom is 0.0443 e. The fraction of sp³-hybridized carbons (Fsp3) is 1.00. The summed E-state index contributed by atoms with van der Waals surface area (Å²) in [6.45, 7) is 9.46. The van der Waals surface area contributed by atoms with Crippen molar-refractivity contribution >= 4 is 0 Å². The average molecular weight is 213 g/mol. The first-order valence-electron chi connectivity index (χ1n) is 6.38. The van der Waals surface area contributed by atoms with Crippen molar-refractivity contribution in [1.82, 2.24) is 4.90 Å². The Hall–Kier alpha value is -0.0800. The van der Waals surface area contributed by atoms with Crippen molar-refractivity contribution in [3.05, 3.63) is 0 Å². The highest BCUT2D eigenvalue weighted by Gasteiger charge is 2.25. The van der Waals surface area contributed by atoms with Gasteiger partial charge in [0.2, 0.25) is 0 Å². The summed E-state index contributed by atoms with van der Waals surface area (Å²) >= 11 is 0. The van der Waals surface area contributed by atoms with Gasteiger partial charge < -0.3 is 5.11 Å². The molecule has 0 radical (unpaired) electrons. The maximum absolute atomic E-state index is 8.93. The van der Waals surface area contributed by atoms with E-state index in [4.69, 9.17) is 5.11 Å². The third-order valence-corrected chi connectivity index (χ3v) is 3.12. The van der Waals surface area contributed by atoms with Gasteiger partial charge in [-0.25, -0.2) is 0 Å². The zero-order valence-electron chi connectivity index (χ0n) is 10.6. The Balaban J connectivity index is 2.44. The van der Waals surface area contributed by atoms with Gasteiger partial charge in [0.15, 0.2) is 0 Å². The van der Waals surface area contributed by atoms with Crippen molar-refractivity contribution < 1.29 is 5.11 Å². The van der Waals surface area contributed by atoms with Crippen LogP contribution in [0.1, 0.15) is 52.9 Å². The lowest BCUT2D eigenvalue weighted by Gasteiger charge is -2.34. The largest absolute Gasteiger partial charge is 0.396 e. The van der Waals surface area contributed by atoms with Gasteiger partial charge >= 0.3 is 0 Å². The Morgan fingerprint density at radius 2 is 1.80 bits per heavy atom. The molecule has 15 heavy (non-hydrogen) atoms. The Labute approximate surface area is 94.7 Å². The van der Waals surface area contributed by atoms with Crippen molar-refractivity contribution in [3.63, 3.8) is 0 Å². The molecule has 0 bridgehead atoms. The van der Waals surface area contributed by atoms with Gasteiger partial charge in [0.05, 0.1) is 0 Å². The van der Waals surface area contributed by atoms with Crippen LogP contribution < -0.4 is 0 Å². The molecule has 1 fully saturated rings. The molecule has 2 heteroatoms. The molecule has 1 aliphatic carbocycles. The van der Waals surface area contributed by atoms with Crippen molar-refractivity contribution in [3.8, 4) is 0 Å². The second-order valence-electron chi connectivity index (χ2n) is 6.05. The summed E-state index contributed by atoms with van der Waals surface area (Å²) in [5.74, 6) is 0. The minimum Gasteiger partial charge on any atom is -0.396 e. The topological polar surface area (TPSA) is 23.5 Å². The van der Waals surface area contributed by atoms with E-state index in [1.165, 1.54) is 25.7 Å². The van der Waals surface area contributed by atoms with E-state index in [9.17, 15) is 0 Å². The van der Waals surface area contributed by atoms with E-state index in [0.29, 0.717) is 12.0 Å². The first kappa shape index (κ1) is 13.0. The van der Waals surface area contributed by atoms with Crippen LogP contribution in [-0.2, 0) is 0 Å². The van der Waals surface area contributed by atoms with E-state index >= 15 is 0 Å². The van der Waals surface area contributed by atoms with Gasteiger partial charge in [0.1, 0.15) is 0 Å². The Morgan fingerprint density at radius 1 is 1.20 bits per heavy atom. The van der Waals surface area contributed by atoms with Crippen molar-refractivity contribution in [1.29, 1.82) is 0 Å². The number of hydrogen-bond donors (Lipinski definition) is 1. The van der Waals surface area contributed by atoms with E-state index in [1.54, 1.807) is 0 Å². The molecule has 1 saturated carbocycles. The molecule has 1 aliphatic rings. The normalized spacial score (nSPS) is 19.0. The first-order valence-corrected chi connectivity index (χ1v) is 6.38. The fourth-order valence-corrected chi connectivity index (χ4v) is 2.54. The van der Waals surface area contributed by atoms with Crippen LogP contribution in [0.4, 0.5) is 0 Å². The number of nitrogens with zero attached hydrogens (tertiary/aromatic N) is 1. The molecule has 0 aromatic carbocycles. The predicted octanol–water partition coefficient (Wildman–Crippen LogP) is 2.66. The number of aliphatic hydroxyl groups is 1. The van der Waals surface area contributed by atoms with Gasteiger partial charge in [-0.05, 0) is 24.7 Å². The zero-order chi connectivity index (χ0) is 11.3. The van der Waals surface area contributed by atoms with Crippen LogP contribution in [0.3, 0.4) is 0 Å². The SMILES string of the molecule is CC(C)(C)CN(CCCO)C1CCCC1. The van der Waals surface area contributed by atoms with Crippen LogP contribution in [0.25, 0.3) is 0 Å². The van der Waals surface area contributed by atoms with Gasteiger partial charge in [-0.3, -0.25) is 4.90 Å². The molecule has 0 aromatic rings. The van der Waals surface area contributed by atoms with Crippen LogP contribution in [0.5, 0.6) is 0 Å². The van der Waals surface area contributed by atoms with Crippen molar-refractivity contribution in [2.45, 2.75) is 58.9 Å². The van der Waals surface area contributed by atoms with Crippen LogP contribution >= 0.6 is 0 Å². The number of rotatable bonds is 5. The Morgan fingerprint density at radius 3 is 2.27 bits per heavy atom. The van der Waals surface area contributed by atoms with E-state index in [0.717, 1.165) is 25.6 Å². The highest BCUT2D eigenvalue weighted by atomic mass is 16.3. The Kier molecular flexibility index (Phi) is 5.07. The molecule has 90 valence electrons. The smallest absolute Gasteiger partial charge is 0.0443 e. The highest BCUT2D eigenvalue weighted by Crippen LogP contribution is 2.26. The lowest BCUT2D eigenvalue weighted by Crippen LogP contribution is -2.40. The fourth-order valence-electron chi connectivity index (χ4n) is 2.54. The zero-order valence-corrected chi connectivity index (χ0v) is 10.6. The number of aliphatic hydroxyl groups excluding tert-OH is 1. The lowest BCUT2D eigenvalue weighted by atomic mass is 9.95. The van der Waals surface area contributed by atoms with Crippen LogP contribution in [0.15, 0.2) is 0 Å². The molecular formula is C13H27NO. The quantitative estimate of drug-likeness (QED) is 0.759. The third-order valence-electron chi connectivity index (χ3n) is 3.12. The van der Waals surface area contributed by atoms with Crippen LogP contribution in [0, 0.1) is 5.41 Å². The van der Waals surface area contributed by atoms with Gasteiger partial charge in [0.25, 0.3) is 0 Å². The van der Waals surface area contributed by atoms with E-state index in [2.05, 4.69) is 25.7 Å². The molecule has 0 saturated heterocycles. The third kappa shape index (κ3) is 4.98. The summed E-state index contributed by atoms with van der Waals surface area (Å²) in [5, 5.41) is 8.93. The summed E-state index contributed by atoms with van der Waals surface area (Å²) in [4.78, 5) is 2.60. The summed E-state index contributed by atoms with van der Waals surface area (Å²) in [6, 6.07) is 0.788. The van der Waals surface area contributed by atoms with Gasteiger partial charge in [-0.15, -0.1) is 0 Å². The van der Waals surface area contributed by atoms with Gasteiger partial charge in [-0.2, -0.15) is 0 Å². The summed E-state index contributed by atoms with van der Waals surface area (Å²) in [6.07, 6.45) is 6.43. The molecule has 1 N–H and O–H groups in total. The second kappa shape index (κ2) is 5.86. The number of hydrogen-bond acceptors (Lipinski definition) is 2. The standard InChI is InChI=1S/C13H27NO/c1-13(2,3)11-14(9-6-10-15)12-7-4-5-8-12/h12,15H,4-11H2,1-3H3. The van der Waals surface area contributed by atoms with Crippen LogP contribution in [-0.4, -0.2) is 35.7 Å². The molecule has 2 nitrogen and oxygen atoms in total. The summed E-state index contributed by atoms with van der Waals surface area (Å²) < 4.78 is 0. The molecular weight excluding hydrogens is 186 g/mol. The minimum atomic E-state index is 0.327. The first-order chi connectivity index (χ1) is 7.03. The average Bonchev–Trinajstić information content (AvgIpc) is 2.63. The Bertz CT molecular complexity index is 168. The molecule has 0 atom stereocenters. The predicted molar refractivity (Wildman–Crippen MR) is 65.0 cm³/mol.